The molecule has 11 nitrogen and oxygen atoms in total. The molecule has 11 heteroatoms. The number of aliphatic hydroxyl groups is 1. The zero-order chi connectivity index (χ0) is 33.0. The highest BCUT2D eigenvalue weighted by Crippen LogP contribution is 2.52. The van der Waals surface area contributed by atoms with Crippen LogP contribution in [0.15, 0.2) is 36.4 Å². The van der Waals surface area contributed by atoms with Gasteiger partial charge in [-0.3, -0.25) is 33.8 Å². The van der Waals surface area contributed by atoms with Crippen LogP contribution in [0.5, 0.6) is 5.75 Å². The third kappa shape index (κ3) is 5.23. The molecule has 5 rings (SSSR count). The summed E-state index contributed by atoms with van der Waals surface area (Å²) in [5.74, 6) is -4.77. The number of fused-ring (bicyclic) bond motifs is 3. The van der Waals surface area contributed by atoms with Crippen LogP contribution in [-0.2, 0) is 32.1 Å². The first kappa shape index (κ1) is 32.0. The highest BCUT2D eigenvalue weighted by atomic mass is 16.3. The third-order valence-corrected chi connectivity index (χ3v) is 9.39. The van der Waals surface area contributed by atoms with Gasteiger partial charge in [0.05, 0.1) is 29.6 Å². The summed E-state index contributed by atoms with van der Waals surface area (Å²) in [6.07, 6.45) is 0.174. The van der Waals surface area contributed by atoms with Crippen molar-refractivity contribution in [1.82, 2.24) is 9.80 Å². The second kappa shape index (κ2) is 11.9. The Morgan fingerprint density at radius 3 is 2.31 bits per heavy atom. The first-order chi connectivity index (χ1) is 21.2. The molecule has 3 aliphatic rings. The number of anilines is 1. The van der Waals surface area contributed by atoms with Gasteiger partial charge >= 0.3 is 0 Å². The fraction of sp³-hybridized carbons (Fsp3) is 0.441. The van der Waals surface area contributed by atoms with Gasteiger partial charge in [0.2, 0.25) is 5.91 Å². The van der Waals surface area contributed by atoms with Crippen LogP contribution in [0.3, 0.4) is 0 Å². The summed E-state index contributed by atoms with van der Waals surface area (Å²) in [7, 11) is 8.62. The molecule has 2 fully saturated rings. The van der Waals surface area contributed by atoms with Crippen LogP contribution in [0.2, 0.25) is 0 Å². The summed E-state index contributed by atoms with van der Waals surface area (Å²) < 4.78 is 0. The Hall–Kier alpha value is -4.37. The Bertz CT molecular complexity index is 1660. The van der Waals surface area contributed by atoms with Gasteiger partial charge in [-0.1, -0.05) is 42.2 Å². The van der Waals surface area contributed by atoms with E-state index in [1.54, 1.807) is 39.2 Å². The number of rotatable bonds is 6. The lowest BCUT2D eigenvalue weighted by Crippen LogP contribution is -2.74. The molecule has 3 aliphatic carbocycles. The van der Waals surface area contributed by atoms with E-state index in [9.17, 15) is 34.2 Å². The number of Topliss-reactive ketones (excluding diaryl/α,β-unsaturated/α-hetero) is 4. The summed E-state index contributed by atoms with van der Waals surface area (Å²) in [4.78, 5) is 72.5. The Balaban J connectivity index is 1.53. The van der Waals surface area contributed by atoms with E-state index < -0.39 is 64.4 Å². The molecule has 2 saturated carbocycles. The molecule has 0 heterocycles. The van der Waals surface area contributed by atoms with Crippen molar-refractivity contribution in [3.8, 4) is 17.6 Å². The standard InChI is InChI=1S/C34H38N4O7/c1-36(2)23-16-19(12-9-13-38(5)17-18-10-7-6-8-11-18)28(39)25-21(23)14-20-15-22-27(37(3)4)30(41)26(33(35)44)32(43)34(22,45)31(42)24(20)29(25)40/h6-8,10-11,16,20,22,24,26-27,39,45H,13-15,17H2,1-5H3,(H2,35,44)/t20-,22-,24?,26?,27-,34-/m0/s1. The van der Waals surface area contributed by atoms with E-state index >= 15 is 0 Å². The number of nitrogens with zero attached hydrogens (tertiary/aromatic N) is 3. The molecule has 0 aromatic heterocycles. The smallest absolute Gasteiger partial charge is 0.235 e. The van der Waals surface area contributed by atoms with E-state index in [0.29, 0.717) is 24.3 Å². The summed E-state index contributed by atoms with van der Waals surface area (Å²) >= 11 is 0. The zero-order valence-electron chi connectivity index (χ0n) is 26.0. The van der Waals surface area contributed by atoms with Crippen LogP contribution < -0.4 is 10.6 Å². The lowest BCUT2D eigenvalue weighted by atomic mass is 9.52. The minimum absolute atomic E-state index is 0.00711. The Labute approximate surface area is 262 Å². The van der Waals surface area contributed by atoms with Gasteiger partial charge in [-0.25, -0.2) is 0 Å². The van der Waals surface area contributed by atoms with Crippen molar-refractivity contribution in [3.05, 3.63) is 58.7 Å². The SMILES string of the molecule is CN(CC#Cc1cc(N(C)C)c2c(c1O)C(=O)C1C(=O)[C@]3(O)C(=O)C(C(N)=O)C(=O)[C@@H](N(C)C)[C@@H]3C[C@@H]1C2)Cc1ccccc1. The number of ketones is 4. The molecule has 1 amide bonds. The predicted molar refractivity (Wildman–Crippen MR) is 165 cm³/mol. The van der Waals surface area contributed by atoms with E-state index in [4.69, 9.17) is 5.73 Å². The minimum Gasteiger partial charge on any atom is -0.506 e. The number of carbonyl (C=O) groups excluding carboxylic acids is 5. The van der Waals surface area contributed by atoms with Crippen LogP contribution in [-0.4, -0.2) is 102 Å². The van der Waals surface area contributed by atoms with Gasteiger partial charge in [-0.05, 0) is 57.1 Å². The maximum Gasteiger partial charge on any atom is 0.235 e. The maximum absolute atomic E-state index is 14.2. The summed E-state index contributed by atoms with van der Waals surface area (Å²) in [5, 5.41) is 23.2. The fourth-order valence-electron chi connectivity index (χ4n) is 7.37. The van der Waals surface area contributed by atoms with Crippen molar-refractivity contribution in [2.24, 2.45) is 29.4 Å². The van der Waals surface area contributed by atoms with Gasteiger partial charge in [0.25, 0.3) is 0 Å². The van der Waals surface area contributed by atoms with E-state index in [1.165, 1.54) is 4.90 Å². The highest BCUT2D eigenvalue weighted by molar-refractivity contribution is 6.32. The average Bonchev–Trinajstić information content (AvgIpc) is 2.96. The minimum atomic E-state index is -2.77. The van der Waals surface area contributed by atoms with E-state index in [0.717, 1.165) is 5.56 Å². The molecule has 0 radical (unpaired) electrons. The number of carbonyl (C=O) groups is 5. The number of amides is 1. The quantitative estimate of drug-likeness (QED) is 0.307. The Kier molecular flexibility index (Phi) is 8.44. The molecule has 2 aromatic rings. The van der Waals surface area contributed by atoms with Gasteiger partial charge in [0, 0.05) is 32.2 Å². The molecule has 0 spiro atoms. The first-order valence-corrected chi connectivity index (χ1v) is 14.8. The largest absolute Gasteiger partial charge is 0.506 e. The lowest BCUT2D eigenvalue weighted by Gasteiger charge is -2.52. The number of phenols is 1. The molecular weight excluding hydrogens is 576 g/mol. The van der Waals surface area contributed by atoms with Crippen molar-refractivity contribution in [2.75, 3.05) is 46.7 Å². The molecule has 0 saturated heterocycles. The molecule has 4 N–H and O–H groups in total. The highest BCUT2D eigenvalue weighted by Gasteiger charge is 2.69. The number of likely N-dealkylation sites (N-methyl/N-ethyl adjacent to an activating group) is 1. The molecule has 2 unspecified atom stereocenters. The second-order valence-electron chi connectivity index (χ2n) is 12.8. The Morgan fingerprint density at radius 2 is 1.71 bits per heavy atom. The first-order valence-electron chi connectivity index (χ1n) is 14.8. The molecular formula is C34H38N4O7. The monoisotopic (exact) mass is 614 g/mol. The number of hydrogen-bond acceptors (Lipinski definition) is 10. The van der Waals surface area contributed by atoms with E-state index in [1.807, 2.05) is 42.3 Å². The third-order valence-electron chi connectivity index (χ3n) is 9.39. The molecule has 2 aromatic carbocycles. The Morgan fingerprint density at radius 1 is 1.04 bits per heavy atom. The van der Waals surface area contributed by atoms with Crippen molar-refractivity contribution < 1.29 is 34.2 Å². The van der Waals surface area contributed by atoms with Crippen molar-refractivity contribution >= 4 is 34.7 Å². The van der Waals surface area contributed by atoms with Crippen LogP contribution in [0, 0.1) is 35.5 Å². The van der Waals surface area contributed by atoms with Gasteiger partial charge < -0.3 is 20.8 Å². The van der Waals surface area contributed by atoms with Gasteiger partial charge in [-0.2, -0.15) is 0 Å². The number of phenolic OH excluding ortho intramolecular Hbond substituents is 1. The van der Waals surface area contributed by atoms with E-state index in [2.05, 4.69) is 11.8 Å². The number of nitrogens with two attached hydrogens (primary N) is 1. The van der Waals surface area contributed by atoms with Crippen molar-refractivity contribution in [1.29, 1.82) is 0 Å². The fourth-order valence-corrected chi connectivity index (χ4v) is 7.37. The number of hydrogen-bond donors (Lipinski definition) is 3. The zero-order valence-corrected chi connectivity index (χ0v) is 26.0. The molecule has 0 bridgehead atoms. The average molecular weight is 615 g/mol. The molecule has 0 aliphatic heterocycles. The van der Waals surface area contributed by atoms with Crippen LogP contribution in [0.1, 0.15) is 33.5 Å². The molecule has 45 heavy (non-hydrogen) atoms. The second-order valence-corrected chi connectivity index (χ2v) is 12.8. The molecule has 6 atom stereocenters. The number of aromatic hydroxyl groups is 1. The van der Waals surface area contributed by atoms with Crippen LogP contribution in [0.4, 0.5) is 5.69 Å². The van der Waals surface area contributed by atoms with Gasteiger partial charge in [0.1, 0.15) is 5.75 Å². The normalized spacial score (nSPS) is 27.4. The van der Waals surface area contributed by atoms with E-state index in [-0.39, 0.29) is 29.7 Å². The van der Waals surface area contributed by atoms with Gasteiger partial charge in [0.15, 0.2) is 34.7 Å². The van der Waals surface area contributed by atoms with Crippen LogP contribution in [0.25, 0.3) is 0 Å². The van der Waals surface area contributed by atoms with Crippen molar-refractivity contribution in [2.45, 2.75) is 31.0 Å². The number of benzene rings is 2. The topological polar surface area (TPSA) is 162 Å². The summed E-state index contributed by atoms with van der Waals surface area (Å²) in [5.41, 5.74) is 5.05. The van der Waals surface area contributed by atoms with Crippen LogP contribution >= 0.6 is 0 Å². The number of primary amides is 1. The maximum atomic E-state index is 14.2. The van der Waals surface area contributed by atoms with Crippen molar-refractivity contribution in [3.63, 3.8) is 0 Å². The van der Waals surface area contributed by atoms with Gasteiger partial charge in [-0.15, -0.1) is 0 Å². The molecule has 236 valence electrons. The summed E-state index contributed by atoms with van der Waals surface area (Å²) in [6.45, 7) is 1.04. The summed E-state index contributed by atoms with van der Waals surface area (Å²) in [6, 6.07) is 10.5. The predicted octanol–water partition coefficient (Wildman–Crippen LogP) is 0.417. The lowest BCUT2D eigenvalue weighted by molar-refractivity contribution is -0.181.